The number of nitrogens with one attached hydrogen (secondary N) is 1. The van der Waals surface area contributed by atoms with E-state index in [4.69, 9.17) is 16.3 Å². The summed E-state index contributed by atoms with van der Waals surface area (Å²) < 4.78 is 45.1. The Kier molecular flexibility index (Phi) is 6.77. The molecule has 1 amide bonds. The summed E-state index contributed by atoms with van der Waals surface area (Å²) in [6.45, 7) is -0.0982. The van der Waals surface area contributed by atoms with E-state index in [1.807, 2.05) is 0 Å². The monoisotopic (exact) mass is 325 g/mol. The summed E-state index contributed by atoms with van der Waals surface area (Å²) in [6, 6.07) is 6.65. The minimum atomic E-state index is -4.37. The fourth-order valence-electron chi connectivity index (χ4n) is 1.36. The van der Waals surface area contributed by atoms with Gasteiger partial charge in [0.15, 0.2) is 6.10 Å². The molecule has 1 atom stereocenters. The van der Waals surface area contributed by atoms with Gasteiger partial charge in [0.05, 0.1) is 11.6 Å². The van der Waals surface area contributed by atoms with E-state index in [9.17, 15) is 18.0 Å². The Labute approximate surface area is 125 Å². The molecule has 8 heteroatoms. The van der Waals surface area contributed by atoms with Crippen LogP contribution in [0.1, 0.15) is 6.92 Å². The second-order valence-electron chi connectivity index (χ2n) is 4.15. The Balaban J connectivity index is 2.27. The highest BCUT2D eigenvalue weighted by molar-refractivity contribution is 6.32. The number of para-hydroxylation sites is 1. The predicted octanol–water partition coefficient (Wildman–Crippen LogP) is 2.80. The molecule has 118 valence electrons. The zero-order valence-corrected chi connectivity index (χ0v) is 12.0. The summed E-state index contributed by atoms with van der Waals surface area (Å²) in [5, 5.41) is 2.78. The number of carbonyl (C=O) groups is 1. The van der Waals surface area contributed by atoms with Crippen LogP contribution >= 0.6 is 11.6 Å². The minimum Gasteiger partial charge on any atom is -0.479 e. The maximum absolute atomic E-state index is 11.8. The van der Waals surface area contributed by atoms with E-state index < -0.39 is 24.8 Å². The van der Waals surface area contributed by atoms with Gasteiger partial charge < -0.3 is 14.8 Å². The van der Waals surface area contributed by atoms with Crippen LogP contribution in [0.15, 0.2) is 24.3 Å². The normalized spacial score (nSPS) is 12.8. The maximum Gasteiger partial charge on any atom is 0.411 e. The van der Waals surface area contributed by atoms with Crippen LogP contribution in [0.4, 0.5) is 13.2 Å². The fraction of sp³-hybridized carbons (Fsp3) is 0.462. The Morgan fingerprint density at radius 1 is 1.38 bits per heavy atom. The van der Waals surface area contributed by atoms with Gasteiger partial charge in [-0.15, -0.1) is 0 Å². The van der Waals surface area contributed by atoms with E-state index in [0.29, 0.717) is 10.8 Å². The molecule has 21 heavy (non-hydrogen) atoms. The summed E-state index contributed by atoms with van der Waals surface area (Å²) in [5.74, 6) is -0.110. The largest absolute Gasteiger partial charge is 0.479 e. The maximum atomic E-state index is 11.8. The first-order chi connectivity index (χ1) is 9.79. The smallest absolute Gasteiger partial charge is 0.411 e. The molecule has 0 aliphatic rings. The van der Waals surface area contributed by atoms with Crippen molar-refractivity contribution in [1.29, 1.82) is 0 Å². The lowest BCUT2D eigenvalue weighted by Crippen LogP contribution is -2.38. The molecule has 1 unspecified atom stereocenters. The molecule has 0 saturated heterocycles. The molecule has 0 aliphatic heterocycles. The number of amides is 1. The highest BCUT2D eigenvalue weighted by Crippen LogP contribution is 2.24. The average Bonchev–Trinajstić information content (AvgIpc) is 2.39. The molecule has 1 N–H and O–H groups in total. The van der Waals surface area contributed by atoms with E-state index >= 15 is 0 Å². The molecule has 1 aromatic rings. The van der Waals surface area contributed by atoms with Gasteiger partial charge in [-0.2, -0.15) is 13.2 Å². The number of rotatable bonds is 7. The van der Waals surface area contributed by atoms with E-state index in [1.165, 1.54) is 6.92 Å². The number of hydrogen-bond acceptors (Lipinski definition) is 3. The van der Waals surface area contributed by atoms with Crippen LogP contribution < -0.4 is 10.1 Å². The zero-order chi connectivity index (χ0) is 15.9. The minimum absolute atomic E-state index is 0.0366. The SMILES string of the molecule is CC(Oc1ccccc1Cl)C(=O)NCCOCC(F)(F)F. The lowest BCUT2D eigenvalue weighted by molar-refractivity contribution is -0.173. The number of hydrogen-bond donors (Lipinski definition) is 1. The first-order valence-electron chi connectivity index (χ1n) is 6.13. The molecule has 0 heterocycles. The van der Waals surface area contributed by atoms with E-state index in [1.54, 1.807) is 24.3 Å². The Morgan fingerprint density at radius 2 is 2.05 bits per heavy atom. The van der Waals surface area contributed by atoms with Crippen molar-refractivity contribution < 1.29 is 27.4 Å². The average molecular weight is 326 g/mol. The lowest BCUT2D eigenvalue weighted by Gasteiger charge is -2.15. The molecule has 4 nitrogen and oxygen atoms in total. The first-order valence-corrected chi connectivity index (χ1v) is 6.51. The fourth-order valence-corrected chi connectivity index (χ4v) is 1.54. The molecule has 1 aromatic carbocycles. The Morgan fingerprint density at radius 3 is 2.67 bits per heavy atom. The molecule has 0 aromatic heterocycles. The van der Waals surface area contributed by atoms with E-state index in [2.05, 4.69) is 10.1 Å². The number of ether oxygens (including phenoxy) is 2. The molecule has 0 spiro atoms. The van der Waals surface area contributed by atoms with Crippen LogP contribution in [0, 0.1) is 0 Å². The molecular formula is C13H15ClF3NO3. The van der Waals surface area contributed by atoms with Gasteiger partial charge in [0.1, 0.15) is 12.4 Å². The van der Waals surface area contributed by atoms with Crippen molar-refractivity contribution in [1.82, 2.24) is 5.32 Å². The standard InChI is InChI=1S/C13H15ClF3NO3/c1-9(21-11-5-3-2-4-10(11)14)12(19)18-6-7-20-8-13(15,16)17/h2-5,9H,6-8H2,1H3,(H,18,19). The summed E-state index contributed by atoms with van der Waals surface area (Å²) in [4.78, 5) is 11.7. The van der Waals surface area contributed by atoms with Gasteiger partial charge in [-0.25, -0.2) is 0 Å². The van der Waals surface area contributed by atoms with Gasteiger partial charge in [0, 0.05) is 6.54 Å². The number of carbonyl (C=O) groups excluding carboxylic acids is 1. The van der Waals surface area contributed by atoms with Crippen LogP contribution in [-0.2, 0) is 9.53 Å². The Hall–Kier alpha value is -1.47. The topological polar surface area (TPSA) is 47.6 Å². The number of alkyl halides is 3. The zero-order valence-electron chi connectivity index (χ0n) is 11.2. The molecule has 1 rings (SSSR count). The number of benzene rings is 1. The third-order valence-electron chi connectivity index (χ3n) is 2.32. The quantitative estimate of drug-likeness (QED) is 0.784. The summed E-state index contributed by atoms with van der Waals surface area (Å²) in [5.41, 5.74) is 0. The van der Waals surface area contributed by atoms with Gasteiger partial charge in [-0.3, -0.25) is 4.79 Å². The predicted molar refractivity (Wildman–Crippen MR) is 71.4 cm³/mol. The first kappa shape index (κ1) is 17.6. The highest BCUT2D eigenvalue weighted by atomic mass is 35.5. The van der Waals surface area contributed by atoms with E-state index in [-0.39, 0.29) is 13.2 Å². The van der Waals surface area contributed by atoms with Gasteiger partial charge in [-0.05, 0) is 19.1 Å². The number of halogens is 4. The van der Waals surface area contributed by atoms with Crippen LogP contribution in [-0.4, -0.2) is 37.9 Å². The van der Waals surface area contributed by atoms with Gasteiger partial charge >= 0.3 is 6.18 Å². The van der Waals surface area contributed by atoms with Gasteiger partial charge in [-0.1, -0.05) is 23.7 Å². The van der Waals surface area contributed by atoms with Crippen molar-refractivity contribution in [2.24, 2.45) is 0 Å². The second kappa shape index (κ2) is 8.09. The van der Waals surface area contributed by atoms with Crippen LogP contribution in [0.5, 0.6) is 5.75 Å². The second-order valence-corrected chi connectivity index (χ2v) is 4.56. The molecular weight excluding hydrogens is 311 g/mol. The highest BCUT2D eigenvalue weighted by Gasteiger charge is 2.27. The van der Waals surface area contributed by atoms with Crippen LogP contribution in [0.2, 0.25) is 5.02 Å². The molecule has 0 bridgehead atoms. The summed E-state index contributed by atoms with van der Waals surface area (Å²) in [7, 11) is 0. The molecule has 0 radical (unpaired) electrons. The third kappa shape index (κ3) is 7.19. The third-order valence-corrected chi connectivity index (χ3v) is 2.63. The Bertz CT molecular complexity index is 468. The van der Waals surface area contributed by atoms with E-state index in [0.717, 1.165) is 0 Å². The van der Waals surface area contributed by atoms with Crippen LogP contribution in [0.3, 0.4) is 0 Å². The van der Waals surface area contributed by atoms with Crippen molar-refractivity contribution in [3.63, 3.8) is 0 Å². The van der Waals surface area contributed by atoms with Crippen molar-refractivity contribution in [3.8, 4) is 5.75 Å². The summed E-state index contributed by atoms with van der Waals surface area (Å²) >= 11 is 5.88. The lowest BCUT2D eigenvalue weighted by atomic mass is 10.3. The van der Waals surface area contributed by atoms with Crippen molar-refractivity contribution >= 4 is 17.5 Å². The van der Waals surface area contributed by atoms with Gasteiger partial charge in [0.25, 0.3) is 5.91 Å². The van der Waals surface area contributed by atoms with Crippen LogP contribution in [0.25, 0.3) is 0 Å². The van der Waals surface area contributed by atoms with Crippen molar-refractivity contribution in [3.05, 3.63) is 29.3 Å². The molecule has 0 aliphatic carbocycles. The van der Waals surface area contributed by atoms with Gasteiger partial charge in [0.2, 0.25) is 0 Å². The van der Waals surface area contributed by atoms with Crippen molar-refractivity contribution in [2.75, 3.05) is 19.8 Å². The molecule has 0 fully saturated rings. The molecule has 0 saturated carbocycles. The van der Waals surface area contributed by atoms with Crippen molar-refractivity contribution in [2.45, 2.75) is 19.2 Å². The summed E-state index contributed by atoms with van der Waals surface area (Å²) in [6.07, 6.45) is -5.20.